The average Bonchev–Trinajstić information content (AvgIpc) is 1.65. The van der Waals surface area contributed by atoms with E-state index in [0.29, 0.717) is 23.4 Å². The summed E-state index contributed by atoms with van der Waals surface area (Å²) in [5.74, 6) is 3.31. The first-order valence-electron chi connectivity index (χ1n) is 37.6. The molecule has 0 saturated carbocycles. The van der Waals surface area contributed by atoms with Crippen LogP contribution in [0.5, 0.6) is 0 Å². The van der Waals surface area contributed by atoms with Gasteiger partial charge in [0.05, 0.1) is 71.9 Å². The fourth-order valence-corrected chi connectivity index (χ4v) is 16.4. The number of rotatable bonds is 10. The van der Waals surface area contributed by atoms with Crippen molar-refractivity contribution in [3.05, 3.63) is 401 Å². The number of hydrogen-bond donors (Lipinski definition) is 0. The van der Waals surface area contributed by atoms with Gasteiger partial charge in [0.1, 0.15) is 5.82 Å². The quantitative estimate of drug-likeness (QED) is 0.131. The van der Waals surface area contributed by atoms with E-state index in [9.17, 15) is 0 Å². The van der Waals surface area contributed by atoms with Gasteiger partial charge in [0, 0.05) is 104 Å². The van der Waals surface area contributed by atoms with Crippen molar-refractivity contribution < 1.29 is 0 Å². The van der Waals surface area contributed by atoms with Gasteiger partial charge < -0.3 is 9.13 Å². The highest BCUT2D eigenvalue weighted by molar-refractivity contribution is 9.11. The SMILES string of the molecule is Brc1ccc2c3ncccc3n(-c3cc(-c4ccccc4)nc(-c4ccccc4)n3)c2c1.Brc1ccc2c3ncccc3n(-c3ccc(-c4ccccc4)cc3)c2c1.Brc1ccc2c3ncccc3n(-c3cccc(-c4ccccc4)c3)c2c1.Brc1ccc2c3ncccc3n(-c3nc(-c4ccccc4)nc(-c4ccccc4)n3)c2c1. The Kier molecular flexibility index (Phi) is 20.1. The molecule has 12 aromatic carbocycles. The van der Waals surface area contributed by atoms with Crippen LogP contribution in [0.3, 0.4) is 0 Å². The van der Waals surface area contributed by atoms with E-state index in [2.05, 4.69) is 296 Å². The summed E-state index contributed by atoms with van der Waals surface area (Å²) in [5.41, 5.74) is 24.4. The second-order valence-corrected chi connectivity index (χ2v) is 31.1. The predicted octanol–water partition coefficient (Wildman–Crippen LogP) is 26.7. The van der Waals surface area contributed by atoms with E-state index in [1.165, 1.54) is 22.3 Å². The number of halogens is 4. The first-order chi connectivity index (χ1) is 57.2. The van der Waals surface area contributed by atoms with E-state index in [-0.39, 0.29) is 0 Å². The largest absolute Gasteiger partial charge is 0.308 e. The summed E-state index contributed by atoms with van der Waals surface area (Å²) in [5, 5.41) is 4.46. The van der Waals surface area contributed by atoms with Gasteiger partial charge in [-0.2, -0.15) is 9.97 Å². The third kappa shape index (κ3) is 14.4. The lowest BCUT2D eigenvalue weighted by Crippen LogP contribution is -2.06. The Hall–Kier alpha value is -13.6. The molecule has 0 aliphatic carbocycles. The molecule has 0 N–H and O–H groups in total. The number of hydrogen-bond acceptors (Lipinski definition) is 9. The first kappa shape index (κ1) is 72.7. The highest BCUT2D eigenvalue weighted by atomic mass is 79.9. The van der Waals surface area contributed by atoms with Crippen molar-refractivity contribution in [3.63, 3.8) is 0 Å². The lowest BCUT2D eigenvalue weighted by Gasteiger charge is -2.12. The lowest BCUT2D eigenvalue weighted by atomic mass is 10.1. The second kappa shape index (κ2) is 32.1. The maximum Gasteiger partial charge on any atom is 0.238 e. The molecular formula is C99H63Br4N13. The Morgan fingerprint density at radius 1 is 0.198 bits per heavy atom. The molecule has 0 radical (unpaired) electrons. The smallest absolute Gasteiger partial charge is 0.238 e. The molecule has 13 nitrogen and oxygen atoms in total. The molecule has 10 heterocycles. The molecule has 17 heteroatoms. The van der Waals surface area contributed by atoms with Crippen LogP contribution in [0.1, 0.15) is 0 Å². The zero-order chi connectivity index (χ0) is 78.0. The number of fused-ring (bicyclic) bond motifs is 12. The van der Waals surface area contributed by atoms with E-state index in [1.807, 2.05) is 189 Å². The van der Waals surface area contributed by atoms with E-state index < -0.39 is 0 Å². The van der Waals surface area contributed by atoms with Crippen molar-refractivity contribution in [3.8, 4) is 90.8 Å². The van der Waals surface area contributed by atoms with Crippen molar-refractivity contribution in [1.82, 2.24) is 63.1 Å². The molecule has 0 fully saturated rings. The molecule has 0 bridgehead atoms. The molecule has 0 aliphatic rings. The summed E-state index contributed by atoms with van der Waals surface area (Å²) in [7, 11) is 0. The van der Waals surface area contributed by atoms with Crippen molar-refractivity contribution in [2.45, 2.75) is 0 Å². The van der Waals surface area contributed by atoms with Crippen LogP contribution < -0.4 is 0 Å². The summed E-state index contributed by atoms with van der Waals surface area (Å²) in [6.45, 7) is 0. The normalized spacial score (nSPS) is 11.3. The van der Waals surface area contributed by atoms with Crippen LogP contribution in [0.2, 0.25) is 0 Å². The fraction of sp³-hybridized carbons (Fsp3) is 0. The maximum absolute atomic E-state index is 5.01. The Labute approximate surface area is 700 Å². The zero-order valence-corrected chi connectivity index (χ0v) is 68.0. The fourth-order valence-electron chi connectivity index (χ4n) is 15.0. The van der Waals surface area contributed by atoms with Crippen LogP contribution in [0.4, 0.5) is 0 Å². The van der Waals surface area contributed by atoms with Crippen LogP contribution in [-0.4, -0.2) is 63.1 Å². The molecule has 0 amide bonds. The van der Waals surface area contributed by atoms with Gasteiger partial charge >= 0.3 is 0 Å². The highest BCUT2D eigenvalue weighted by Gasteiger charge is 2.22. The maximum atomic E-state index is 5.01. The summed E-state index contributed by atoms with van der Waals surface area (Å²) < 4.78 is 12.9. The number of nitrogens with zero attached hydrogens (tertiary/aromatic N) is 13. The van der Waals surface area contributed by atoms with Gasteiger partial charge in [-0.3, -0.25) is 29.1 Å². The van der Waals surface area contributed by atoms with Gasteiger partial charge in [0.2, 0.25) is 5.95 Å². The molecule has 0 saturated heterocycles. The number of aromatic nitrogens is 13. The molecule has 116 heavy (non-hydrogen) atoms. The van der Waals surface area contributed by atoms with Gasteiger partial charge in [-0.05, 0) is 168 Å². The average molecular weight is 1750 g/mol. The number of pyridine rings is 4. The third-order valence-corrected chi connectivity index (χ3v) is 22.3. The molecular weight excluding hydrogens is 1690 g/mol. The Balaban J connectivity index is 0.000000104. The minimum absolute atomic E-state index is 0.559. The van der Waals surface area contributed by atoms with E-state index >= 15 is 0 Å². The zero-order valence-electron chi connectivity index (χ0n) is 61.7. The Bertz CT molecular complexity index is 7010. The topological polar surface area (TPSA) is 136 Å². The molecule has 22 aromatic rings. The van der Waals surface area contributed by atoms with Crippen LogP contribution in [0.25, 0.3) is 179 Å². The van der Waals surface area contributed by atoms with Gasteiger partial charge in [-0.15, -0.1) is 0 Å². The van der Waals surface area contributed by atoms with E-state index in [1.54, 1.807) is 0 Å². The Morgan fingerprint density at radius 3 is 0.948 bits per heavy atom. The molecule has 10 aromatic heterocycles. The minimum atomic E-state index is 0.559. The molecule has 22 rings (SSSR count). The van der Waals surface area contributed by atoms with Crippen molar-refractivity contribution in [2.24, 2.45) is 0 Å². The standard InChI is InChI=1S/C27H17BrN4.C26H16BrN5.2C23H15BrN2/c28-20-13-14-21-24(16-20)32(23-12-7-15-29-26(21)23)25-17-22(18-8-3-1-4-9-18)30-27(31-25)19-10-5-2-6-11-19;27-19-13-14-20-22(16-19)32(21-12-7-15-28-23(20)21)26-30-24(17-8-3-1-4-9-17)29-25(31-26)18-10-5-2-6-11-18;24-18-11-12-20-22(15-18)26(21-10-5-13-25-23(20)21)19-9-4-8-17(14-19)16-6-2-1-3-7-16;24-18-10-13-20-22(15-18)26(21-7-4-14-25-23(20)21)19-11-8-17(9-12-19)16-5-2-1-3-6-16/h1-17H;1-16H;2*1-15H. The third-order valence-electron chi connectivity index (χ3n) is 20.3. The molecule has 0 aliphatic heterocycles. The van der Waals surface area contributed by atoms with Gasteiger partial charge in [0.25, 0.3) is 0 Å². The van der Waals surface area contributed by atoms with E-state index in [4.69, 9.17) is 24.9 Å². The molecule has 0 spiro atoms. The first-order valence-corrected chi connectivity index (χ1v) is 40.7. The van der Waals surface area contributed by atoms with Crippen LogP contribution in [-0.2, 0) is 0 Å². The van der Waals surface area contributed by atoms with Crippen LogP contribution in [0, 0.1) is 0 Å². The summed E-state index contributed by atoms with van der Waals surface area (Å²) in [6.07, 6.45) is 7.35. The molecule has 552 valence electrons. The predicted molar refractivity (Wildman–Crippen MR) is 487 cm³/mol. The number of benzene rings is 12. The van der Waals surface area contributed by atoms with Crippen molar-refractivity contribution >= 4 is 151 Å². The van der Waals surface area contributed by atoms with Crippen LogP contribution >= 0.6 is 63.7 Å². The lowest BCUT2D eigenvalue weighted by molar-refractivity contribution is 0.952. The van der Waals surface area contributed by atoms with Gasteiger partial charge in [-0.1, -0.05) is 270 Å². The summed E-state index contributed by atoms with van der Waals surface area (Å²) in [6, 6.07) is 122. The molecule has 0 unspecified atom stereocenters. The van der Waals surface area contributed by atoms with Gasteiger partial charge in [0.15, 0.2) is 17.5 Å². The van der Waals surface area contributed by atoms with Crippen molar-refractivity contribution in [2.75, 3.05) is 0 Å². The summed E-state index contributed by atoms with van der Waals surface area (Å²) >= 11 is 14.5. The monoisotopic (exact) mass is 1750 g/mol. The Morgan fingerprint density at radius 2 is 0.526 bits per heavy atom. The van der Waals surface area contributed by atoms with Gasteiger partial charge in [-0.25, -0.2) is 15.0 Å². The highest BCUT2D eigenvalue weighted by Crippen LogP contribution is 2.39. The molecule has 0 atom stereocenters. The summed E-state index contributed by atoms with van der Waals surface area (Å²) in [4.78, 5) is 43.1. The van der Waals surface area contributed by atoms with Crippen molar-refractivity contribution in [1.29, 1.82) is 0 Å². The van der Waals surface area contributed by atoms with Crippen LogP contribution in [0.15, 0.2) is 401 Å². The van der Waals surface area contributed by atoms with E-state index in [0.717, 1.165) is 151 Å². The minimum Gasteiger partial charge on any atom is -0.308 e. The second-order valence-electron chi connectivity index (χ2n) is 27.5.